The number of ether oxygens (including phenoxy) is 1. The molecule has 2 heterocycles. The molecule has 0 atom stereocenters. The molecule has 1 aromatic heterocycles. The number of carbonyl (C=O) groups excluding carboxylic acids is 2. The van der Waals surface area contributed by atoms with E-state index in [1.54, 1.807) is 6.20 Å². The maximum Gasteiger partial charge on any atom is 0.324 e. The summed E-state index contributed by atoms with van der Waals surface area (Å²) in [5, 5.41) is 3.70. The number of thioether (sulfide) groups is 1. The number of aromatic nitrogens is 1. The van der Waals surface area contributed by atoms with Crippen molar-refractivity contribution in [2.24, 2.45) is 0 Å². The second-order valence-corrected chi connectivity index (χ2v) is 11.0. The number of thiazole rings is 1. The number of nitrogens with zero attached hydrogens (tertiary/aromatic N) is 3. The van der Waals surface area contributed by atoms with Crippen molar-refractivity contribution in [3.05, 3.63) is 6.20 Å². The predicted molar refractivity (Wildman–Crippen MR) is 125 cm³/mol. The molecule has 0 spiro atoms. The Kier molecular flexibility index (Phi) is 8.49. The molecule has 172 valence electrons. The van der Waals surface area contributed by atoms with Gasteiger partial charge in [0.2, 0.25) is 5.91 Å². The summed E-state index contributed by atoms with van der Waals surface area (Å²) in [7, 11) is 0. The molecule has 9 heteroatoms. The second-order valence-electron chi connectivity index (χ2n) is 8.69. The first kappa shape index (κ1) is 22.9. The highest BCUT2D eigenvalue weighted by molar-refractivity contribution is 8.01. The molecule has 0 radical (unpaired) electrons. The molecular weight excluding hydrogens is 432 g/mol. The van der Waals surface area contributed by atoms with Crippen LogP contribution in [0.3, 0.4) is 0 Å². The number of urea groups is 1. The van der Waals surface area contributed by atoms with Gasteiger partial charge in [0, 0.05) is 25.2 Å². The molecule has 0 unspecified atom stereocenters. The molecule has 1 N–H and O–H groups in total. The smallest absolute Gasteiger partial charge is 0.324 e. The summed E-state index contributed by atoms with van der Waals surface area (Å²) in [6, 6.07) is 0.725. The van der Waals surface area contributed by atoms with E-state index in [4.69, 9.17) is 4.74 Å². The summed E-state index contributed by atoms with van der Waals surface area (Å²) in [5.74, 6) is 0.527. The lowest BCUT2D eigenvalue weighted by Gasteiger charge is -2.41. The van der Waals surface area contributed by atoms with E-state index in [9.17, 15) is 9.59 Å². The average molecular weight is 467 g/mol. The topological polar surface area (TPSA) is 74.8 Å². The Morgan fingerprint density at radius 3 is 2.29 bits per heavy atom. The number of anilines is 1. The molecule has 1 saturated heterocycles. The number of hydrogen-bond acceptors (Lipinski definition) is 6. The van der Waals surface area contributed by atoms with Crippen LogP contribution in [0, 0.1) is 0 Å². The molecule has 0 bridgehead atoms. The van der Waals surface area contributed by atoms with Crippen molar-refractivity contribution in [1.82, 2.24) is 14.8 Å². The number of morpholine rings is 1. The number of nitrogens with one attached hydrogen (secondary N) is 1. The van der Waals surface area contributed by atoms with Gasteiger partial charge in [-0.2, -0.15) is 0 Å². The van der Waals surface area contributed by atoms with Crippen molar-refractivity contribution in [1.29, 1.82) is 0 Å². The molecule has 1 aliphatic heterocycles. The molecule has 31 heavy (non-hydrogen) atoms. The first-order chi connectivity index (χ1) is 15.2. The monoisotopic (exact) mass is 466 g/mol. The van der Waals surface area contributed by atoms with Crippen LogP contribution >= 0.6 is 23.1 Å². The molecule has 3 aliphatic rings. The van der Waals surface area contributed by atoms with Gasteiger partial charge in [-0.05, 0) is 25.7 Å². The quantitative estimate of drug-likeness (QED) is 0.621. The van der Waals surface area contributed by atoms with E-state index in [0.29, 0.717) is 49.3 Å². The zero-order valence-corrected chi connectivity index (χ0v) is 19.9. The third kappa shape index (κ3) is 6.35. The Balaban J connectivity index is 1.33. The van der Waals surface area contributed by atoms with Gasteiger partial charge < -0.3 is 14.5 Å². The fourth-order valence-electron chi connectivity index (χ4n) is 4.92. The first-order valence-corrected chi connectivity index (χ1v) is 13.5. The summed E-state index contributed by atoms with van der Waals surface area (Å²) < 4.78 is 6.26. The Labute approximate surface area is 193 Å². The van der Waals surface area contributed by atoms with Crippen LogP contribution in [0.25, 0.3) is 0 Å². The van der Waals surface area contributed by atoms with Crippen LogP contribution in [-0.2, 0) is 9.53 Å². The summed E-state index contributed by atoms with van der Waals surface area (Å²) >= 11 is 2.95. The van der Waals surface area contributed by atoms with Crippen LogP contribution in [-0.4, -0.2) is 70.9 Å². The van der Waals surface area contributed by atoms with Gasteiger partial charge in [0.15, 0.2) is 5.13 Å². The number of hydrogen-bond donors (Lipinski definition) is 1. The van der Waals surface area contributed by atoms with E-state index in [2.05, 4.69) is 15.2 Å². The number of carbonyl (C=O) groups is 2. The fourth-order valence-corrected chi connectivity index (χ4v) is 6.69. The third-order valence-corrected chi connectivity index (χ3v) is 8.66. The SMILES string of the molecule is O=C(CSc1cnc(NC(=O)N(C2CCCCC2)C2CCCCC2)s1)N1CCOCC1. The highest BCUT2D eigenvalue weighted by Crippen LogP contribution is 2.32. The largest absolute Gasteiger partial charge is 0.378 e. The Morgan fingerprint density at radius 1 is 1.06 bits per heavy atom. The first-order valence-electron chi connectivity index (χ1n) is 11.7. The van der Waals surface area contributed by atoms with E-state index in [-0.39, 0.29) is 11.9 Å². The van der Waals surface area contributed by atoms with Crippen LogP contribution in [0.4, 0.5) is 9.93 Å². The molecule has 3 amide bonds. The van der Waals surface area contributed by atoms with Crippen molar-refractivity contribution < 1.29 is 14.3 Å². The van der Waals surface area contributed by atoms with Crippen molar-refractivity contribution in [3.63, 3.8) is 0 Å². The van der Waals surface area contributed by atoms with E-state index >= 15 is 0 Å². The van der Waals surface area contributed by atoms with Gasteiger partial charge in [-0.1, -0.05) is 49.9 Å². The highest BCUT2D eigenvalue weighted by atomic mass is 32.2. The standard InChI is InChI=1S/C22H34N4O3S2/c27-19(25-11-13-29-14-12-25)16-30-20-15-23-21(31-20)24-22(28)26(17-7-3-1-4-8-17)18-9-5-2-6-10-18/h15,17-18H,1-14,16H2,(H,23,24,28). The zero-order valence-electron chi connectivity index (χ0n) is 18.2. The van der Waals surface area contributed by atoms with E-state index in [0.717, 1.165) is 29.9 Å². The average Bonchev–Trinajstić information content (AvgIpc) is 3.27. The summed E-state index contributed by atoms with van der Waals surface area (Å²) in [5.41, 5.74) is 0. The van der Waals surface area contributed by atoms with Crippen LogP contribution in [0.15, 0.2) is 10.4 Å². The highest BCUT2D eigenvalue weighted by Gasteiger charge is 2.32. The van der Waals surface area contributed by atoms with Gasteiger partial charge in [0.05, 0.1) is 29.4 Å². The molecule has 4 rings (SSSR count). The fraction of sp³-hybridized carbons (Fsp3) is 0.773. The van der Waals surface area contributed by atoms with E-state index in [1.807, 2.05) is 4.90 Å². The van der Waals surface area contributed by atoms with Crippen molar-refractivity contribution in [2.45, 2.75) is 80.5 Å². The number of rotatable bonds is 6. The Morgan fingerprint density at radius 2 is 1.68 bits per heavy atom. The lowest BCUT2D eigenvalue weighted by molar-refractivity contribution is -0.132. The minimum atomic E-state index is 0.00842. The maximum absolute atomic E-state index is 13.3. The lowest BCUT2D eigenvalue weighted by Crippen LogP contribution is -2.50. The van der Waals surface area contributed by atoms with Crippen LogP contribution < -0.4 is 5.32 Å². The molecule has 2 aliphatic carbocycles. The second kappa shape index (κ2) is 11.5. The van der Waals surface area contributed by atoms with Crippen LogP contribution in [0.1, 0.15) is 64.2 Å². The third-order valence-electron chi connectivity index (χ3n) is 6.57. The number of amides is 3. The Bertz CT molecular complexity index is 708. The van der Waals surface area contributed by atoms with Crippen molar-refractivity contribution in [2.75, 3.05) is 37.4 Å². The minimum Gasteiger partial charge on any atom is -0.378 e. The van der Waals surface area contributed by atoms with Gasteiger partial charge in [-0.15, -0.1) is 11.8 Å². The summed E-state index contributed by atoms with van der Waals surface area (Å²) in [6.45, 7) is 2.57. The van der Waals surface area contributed by atoms with Crippen LogP contribution in [0.2, 0.25) is 0 Å². The molecule has 0 aromatic carbocycles. The van der Waals surface area contributed by atoms with Gasteiger partial charge in [0.25, 0.3) is 0 Å². The molecule has 2 saturated carbocycles. The molecule has 7 nitrogen and oxygen atoms in total. The normalized spacial score (nSPS) is 21.1. The van der Waals surface area contributed by atoms with Crippen molar-refractivity contribution in [3.8, 4) is 0 Å². The Hall–Kier alpha value is -1.32. The van der Waals surface area contributed by atoms with Crippen LogP contribution in [0.5, 0.6) is 0 Å². The van der Waals surface area contributed by atoms with Gasteiger partial charge >= 0.3 is 6.03 Å². The summed E-state index contributed by atoms with van der Waals surface area (Å²) in [6.07, 6.45) is 13.7. The van der Waals surface area contributed by atoms with Gasteiger partial charge in [-0.3, -0.25) is 10.1 Å². The maximum atomic E-state index is 13.3. The van der Waals surface area contributed by atoms with Gasteiger partial charge in [0.1, 0.15) is 0 Å². The molecular formula is C22H34N4O3S2. The molecule has 1 aromatic rings. The minimum absolute atomic E-state index is 0.00842. The molecule has 3 fully saturated rings. The predicted octanol–water partition coefficient (Wildman–Crippen LogP) is 4.59. The lowest BCUT2D eigenvalue weighted by atomic mass is 9.89. The van der Waals surface area contributed by atoms with E-state index in [1.165, 1.54) is 61.6 Å². The van der Waals surface area contributed by atoms with Crippen molar-refractivity contribution >= 4 is 40.2 Å². The zero-order chi connectivity index (χ0) is 21.5. The van der Waals surface area contributed by atoms with Gasteiger partial charge in [-0.25, -0.2) is 9.78 Å². The van der Waals surface area contributed by atoms with E-state index < -0.39 is 0 Å². The summed E-state index contributed by atoms with van der Waals surface area (Å²) in [4.78, 5) is 34.1.